The number of phenolic OH excluding ortho intramolecular Hbond substituents is 1. The molecule has 0 spiro atoms. The number of piperazine rings is 1. The quantitative estimate of drug-likeness (QED) is 0.188. The topological polar surface area (TPSA) is 71.9 Å². The predicted octanol–water partition coefficient (Wildman–Crippen LogP) is 6.64. The first kappa shape index (κ1) is 34.0. The molecule has 2 aliphatic heterocycles. The smallest absolute Gasteiger partial charge is 0.420 e. The third kappa shape index (κ3) is 6.20. The van der Waals surface area contributed by atoms with Crippen molar-refractivity contribution < 1.29 is 31.4 Å². The molecule has 2 aromatic heterocycles. The minimum absolute atomic E-state index is 0.0160. The molecule has 8 nitrogen and oxygen atoms in total. The van der Waals surface area contributed by atoms with Crippen molar-refractivity contribution in [3.63, 3.8) is 0 Å². The van der Waals surface area contributed by atoms with Crippen LogP contribution in [0, 0.1) is 11.6 Å². The number of alkyl halides is 4. The Kier molecular flexibility index (Phi) is 9.58. The van der Waals surface area contributed by atoms with Crippen molar-refractivity contribution in [1.82, 2.24) is 24.8 Å². The van der Waals surface area contributed by atoms with Crippen LogP contribution in [0.15, 0.2) is 30.5 Å². The van der Waals surface area contributed by atoms with Crippen molar-refractivity contribution in [2.75, 3.05) is 68.8 Å². The number of aromatic nitrogens is 3. The lowest BCUT2D eigenvalue weighted by Gasteiger charge is -2.45. The summed E-state index contributed by atoms with van der Waals surface area (Å²) in [6.07, 6.45) is -2.63. The van der Waals surface area contributed by atoms with E-state index in [1.165, 1.54) is 12.3 Å². The van der Waals surface area contributed by atoms with Crippen molar-refractivity contribution >= 4 is 33.4 Å². The first-order valence-corrected chi connectivity index (χ1v) is 16.4. The largest absolute Gasteiger partial charge is 0.508 e. The summed E-state index contributed by atoms with van der Waals surface area (Å²) in [5.41, 5.74) is -2.73. The molecule has 1 N–H and O–H groups in total. The number of benzene rings is 2. The molecule has 14 heteroatoms. The van der Waals surface area contributed by atoms with Crippen LogP contribution in [-0.4, -0.2) is 101 Å². The summed E-state index contributed by atoms with van der Waals surface area (Å²) in [7, 11) is 0. The molecule has 1 unspecified atom stereocenters. The fraction of sp³-hybridized carbons (Fsp3) is 0.500. The normalized spacial score (nSPS) is 18.0. The predicted molar refractivity (Wildman–Crippen MR) is 174 cm³/mol. The number of anilines is 2. The molecular weight excluding hydrogens is 636 g/mol. The van der Waals surface area contributed by atoms with E-state index in [2.05, 4.69) is 33.6 Å². The lowest BCUT2D eigenvalue weighted by Crippen LogP contribution is -2.60. The Balaban J connectivity index is 1.56. The van der Waals surface area contributed by atoms with E-state index in [1.807, 2.05) is 16.7 Å². The average molecular weight is 676 g/mol. The number of fused-ring (bicyclic) bond motifs is 2. The van der Waals surface area contributed by atoms with Gasteiger partial charge >= 0.3 is 6.18 Å². The van der Waals surface area contributed by atoms with Crippen molar-refractivity contribution in [2.24, 2.45) is 0 Å². The molecule has 0 aliphatic carbocycles. The van der Waals surface area contributed by atoms with Gasteiger partial charge in [0.25, 0.3) is 0 Å². The van der Waals surface area contributed by atoms with Crippen LogP contribution in [-0.2, 0) is 6.18 Å². The lowest BCUT2D eigenvalue weighted by atomic mass is 9.96. The first-order valence-electron chi connectivity index (χ1n) is 16.4. The molecule has 4 heterocycles. The maximum Gasteiger partial charge on any atom is 0.420 e. The second kappa shape index (κ2) is 13.5. The van der Waals surface area contributed by atoms with E-state index in [0.717, 1.165) is 37.7 Å². The molecule has 2 saturated heterocycles. The maximum absolute atomic E-state index is 15.3. The summed E-state index contributed by atoms with van der Waals surface area (Å²) in [5, 5.41) is 10.1. The Bertz CT molecular complexity index is 1790. The van der Waals surface area contributed by atoms with Gasteiger partial charge in [0.05, 0.1) is 23.3 Å². The van der Waals surface area contributed by atoms with Gasteiger partial charge in [-0.3, -0.25) is 19.2 Å². The fourth-order valence-corrected chi connectivity index (χ4v) is 7.10. The van der Waals surface area contributed by atoms with Crippen molar-refractivity contribution in [2.45, 2.75) is 51.9 Å². The van der Waals surface area contributed by atoms with E-state index < -0.39 is 58.0 Å². The van der Waals surface area contributed by atoms with E-state index in [0.29, 0.717) is 51.5 Å². The zero-order chi connectivity index (χ0) is 34.3. The first-order chi connectivity index (χ1) is 23.0. The number of pyridine rings is 1. The van der Waals surface area contributed by atoms with Gasteiger partial charge in [-0.2, -0.15) is 18.2 Å². The molecule has 0 bridgehead atoms. The Morgan fingerprint density at radius 2 is 1.73 bits per heavy atom. The van der Waals surface area contributed by atoms with Crippen LogP contribution in [0.5, 0.6) is 5.75 Å². The summed E-state index contributed by atoms with van der Waals surface area (Å²) < 4.78 is 88.6. The molecule has 0 amide bonds. The highest BCUT2D eigenvalue weighted by atomic mass is 19.4. The van der Waals surface area contributed by atoms with Gasteiger partial charge in [-0.05, 0) is 49.5 Å². The van der Waals surface area contributed by atoms with Gasteiger partial charge in [0.2, 0.25) is 5.95 Å². The van der Waals surface area contributed by atoms with Crippen LogP contribution < -0.4 is 9.80 Å². The lowest BCUT2D eigenvalue weighted by molar-refractivity contribution is -0.136. The second-order valence-electron chi connectivity index (χ2n) is 12.4. The Labute approximate surface area is 275 Å². The van der Waals surface area contributed by atoms with Gasteiger partial charge in [0.1, 0.15) is 17.1 Å². The number of phenols is 1. The van der Waals surface area contributed by atoms with Crippen LogP contribution in [0.2, 0.25) is 0 Å². The van der Waals surface area contributed by atoms with Crippen molar-refractivity contribution in [1.29, 1.82) is 0 Å². The number of rotatable bonds is 10. The highest BCUT2D eigenvalue weighted by molar-refractivity contribution is 6.02. The van der Waals surface area contributed by atoms with E-state index in [-0.39, 0.29) is 28.8 Å². The van der Waals surface area contributed by atoms with Gasteiger partial charge in [-0.1, -0.05) is 26.8 Å². The van der Waals surface area contributed by atoms with Gasteiger partial charge in [0, 0.05) is 68.5 Å². The molecule has 2 aromatic carbocycles. The SMILES string of the molecule is CCC1CN(c2nc(N3CC(N(CC)CC)C3)nc3c(C(F)(F)F)c(-c4cc(O)cc5ccc(F)c(F)c45)ncc23)CCN1CCCF. The number of halogens is 6. The zero-order valence-corrected chi connectivity index (χ0v) is 27.2. The number of likely N-dealkylation sites (N-methyl/N-ethyl adjacent to an activating group) is 1. The fourth-order valence-electron chi connectivity index (χ4n) is 7.10. The Morgan fingerprint density at radius 3 is 2.40 bits per heavy atom. The molecule has 1 atom stereocenters. The highest BCUT2D eigenvalue weighted by Crippen LogP contribution is 2.45. The monoisotopic (exact) mass is 675 g/mol. The van der Waals surface area contributed by atoms with Crippen LogP contribution in [0.3, 0.4) is 0 Å². The van der Waals surface area contributed by atoms with Gasteiger partial charge in [-0.25, -0.2) is 13.8 Å². The standard InChI is InChI=1S/C34H39F6N7O/c1-4-21-17-46(13-12-45(21)11-7-10-35)32-25-16-41-30(24-15-23(48)14-20-8-9-26(36)29(37)27(20)24)28(34(38,39)40)31(25)42-33(43-32)47-18-22(19-47)44(5-2)6-3/h8-9,14-16,21-22,48H,4-7,10-13,17-19H2,1-3H3. The van der Waals surface area contributed by atoms with E-state index in [9.17, 15) is 13.9 Å². The third-order valence-electron chi connectivity index (χ3n) is 9.67. The minimum Gasteiger partial charge on any atom is -0.508 e. The number of hydrogen-bond donors (Lipinski definition) is 1. The Morgan fingerprint density at radius 1 is 0.979 bits per heavy atom. The van der Waals surface area contributed by atoms with Crippen LogP contribution in [0.25, 0.3) is 32.9 Å². The van der Waals surface area contributed by atoms with Crippen LogP contribution in [0.4, 0.5) is 38.1 Å². The molecule has 258 valence electrons. The summed E-state index contributed by atoms with van der Waals surface area (Å²) >= 11 is 0. The minimum atomic E-state index is -5.03. The summed E-state index contributed by atoms with van der Waals surface area (Å²) in [6, 6.07) is 4.38. The third-order valence-corrected chi connectivity index (χ3v) is 9.67. The molecule has 4 aromatic rings. The van der Waals surface area contributed by atoms with E-state index in [4.69, 9.17) is 4.98 Å². The van der Waals surface area contributed by atoms with Crippen LogP contribution >= 0.6 is 0 Å². The van der Waals surface area contributed by atoms with Crippen molar-refractivity contribution in [3.8, 4) is 17.0 Å². The zero-order valence-electron chi connectivity index (χ0n) is 27.2. The average Bonchev–Trinajstić information content (AvgIpc) is 3.04. The molecule has 2 fully saturated rings. The van der Waals surface area contributed by atoms with Gasteiger partial charge in [-0.15, -0.1) is 0 Å². The van der Waals surface area contributed by atoms with E-state index in [1.54, 1.807) is 0 Å². The van der Waals surface area contributed by atoms with E-state index >= 15 is 17.6 Å². The van der Waals surface area contributed by atoms with Gasteiger partial charge < -0.3 is 14.9 Å². The summed E-state index contributed by atoms with van der Waals surface area (Å²) in [5.74, 6) is -2.59. The number of hydrogen-bond acceptors (Lipinski definition) is 8. The second-order valence-corrected chi connectivity index (χ2v) is 12.4. The molecule has 0 radical (unpaired) electrons. The summed E-state index contributed by atoms with van der Waals surface area (Å²) in [4.78, 5) is 21.8. The maximum atomic E-state index is 15.3. The number of nitrogens with zero attached hydrogens (tertiary/aromatic N) is 7. The molecule has 0 saturated carbocycles. The van der Waals surface area contributed by atoms with Crippen molar-refractivity contribution in [3.05, 3.63) is 47.7 Å². The number of aromatic hydroxyl groups is 1. The van der Waals surface area contributed by atoms with Gasteiger partial charge in [0.15, 0.2) is 11.6 Å². The molecule has 2 aliphatic rings. The van der Waals surface area contributed by atoms with Crippen LogP contribution in [0.1, 0.15) is 39.2 Å². The molecular formula is C34H39F6N7O. The molecule has 48 heavy (non-hydrogen) atoms. The summed E-state index contributed by atoms with van der Waals surface area (Å²) in [6.45, 7) is 10.5. The Hall–Kier alpha value is -3.91. The molecule has 6 rings (SSSR count). The highest BCUT2D eigenvalue weighted by Gasteiger charge is 2.41.